The molecule has 114 valence electrons. The lowest BCUT2D eigenvalue weighted by Gasteiger charge is -2.42. The van der Waals surface area contributed by atoms with Gasteiger partial charge < -0.3 is 9.47 Å². The number of rotatable bonds is 2. The van der Waals surface area contributed by atoms with Crippen molar-refractivity contribution < 1.29 is 14.3 Å². The van der Waals surface area contributed by atoms with Gasteiger partial charge in [0.15, 0.2) is 5.78 Å². The summed E-state index contributed by atoms with van der Waals surface area (Å²) in [5.41, 5.74) is 1.81. The van der Waals surface area contributed by atoms with E-state index in [0.717, 1.165) is 54.5 Å². The third-order valence-electron chi connectivity index (χ3n) is 4.71. The number of ether oxygens (including phenoxy) is 2. The smallest absolute Gasteiger partial charge is 0.166 e. The molecular weight excluding hydrogens is 332 g/mol. The van der Waals surface area contributed by atoms with Crippen molar-refractivity contribution in [1.82, 2.24) is 0 Å². The van der Waals surface area contributed by atoms with Crippen molar-refractivity contribution in [3.8, 4) is 0 Å². The van der Waals surface area contributed by atoms with Gasteiger partial charge >= 0.3 is 0 Å². The molecule has 1 unspecified atom stereocenters. The zero-order valence-electron chi connectivity index (χ0n) is 12.4. The molecule has 2 fully saturated rings. The van der Waals surface area contributed by atoms with Crippen molar-refractivity contribution in [1.29, 1.82) is 0 Å². The van der Waals surface area contributed by atoms with E-state index < -0.39 is 0 Å². The lowest BCUT2D eigenvalue weighted by atomic mass is 9.78. The number of benzene rings is 1. The van der Waals surface area contributed by atoms with Crippen LogP contribution in [-0.4, -0.2) is 31.2 Å². The summed E-state index contributed by atoms with van der Waals surface area (Å²) in [5, 5.41) is 0. The van der Waals surface area contributed by atoms with Gasteiger partial charge in [-0.3, -0.25) is 4.79 Å². The molecule has 4 heteroatoms. The van der Waals surface area contributed by atoms with E-state index in [1.165, 1.54) is 0 Å². The first-order valence-electron chi connectivity index (χ1n) is 7.62. The first-order valence-corrected chi connectivity index (χ1v) is 8.41. The Kier molecular flexibility index (Phi) is 4.48. The molecule has 0 amide bonds. The molecule has 1 spiro atoms. The fourth-order valence-corrected chi connectivity index (χ4v) is 3.62. The maximum atomic E-state index is 12.8. The van der Waals surface area contributed by atoms with Crippen molar-refractivity contribution in [2.45, 2.75) is 38.2 Å². The molecule has 2 saturated heterocycles. The van der Waals surface area contributed by atoms with Gasteiger partial charge in [0.2, 0.25) is 0 Å². The summed E-state index contributed by atoms with van der Waals surface area (Å²) in [5.74, 6) is 0.345. The zero-order chi connectivity index (χ0) is 14.9. The molecule has 2 aliphatic heterocycles. The first kappa shape index (κ1) is 15.2. The molecule has 0 aliphatic carbocycles. The Labute approximate surface area is 134 Å². The van der Waals surface area contributed by atoms with Crippen molar-refractivity contribution >= 4 is 21.7 Å². The second kappa shape index (κ2) is 6.19. The molecule has 0 aromatic heterocycles. The number of carbonyl (C=O) groups is 1. The molecule has 2 aliphatic rings. The highest BCUT2D eigenvalue weighted by Gasteiger charge is 2.41. The standard InChI is InChI=1S/C17H21BrO3/c1-12-10-13(2-3-15(12)18)16(19)14-4-7-21-17(11-14)5-8-20-9-6-17/h2-3,10,14H,4-9,11H2,1H3. The molecule has 1 atom stereocenters. The van der Waals surface area contributed by atoms with Crippen molar-refractivity contribution in [2.24, 2.45) is 5.92 Å². The van der Waals surface area contributed by atoms with Crippen LogP contribution in [0.5, 0.6) is 0 Å². The average molecular weight is 353 g/mol. The minimum atomic E-state index is -0.124. The van der Waals surface area contributed by atoms with Crippen LogP contribution < -0.4 is 0 Å². The maximum absolute atomic E-state index is 12.8. The monoisotopic (exact) mass is 352 g/mol. The molecule has 1 aromatic rings. The van der Waals surface area contributed by atoms with Crippen molar-refractivity contribution in [3.63, 3.8) is 0 Å². The quantitative estimate of drug-likeness (QED) is 0.756. The van der Waals surface area contributed by atoms with Gasteiger partial charge in [-0.05, 0) is 50.3 Å². The van der Waals surface area contributed by atoms with Crippen LogP contribution in [0.25, 0.3) is 0 Å². The van der Waals surface area contributed by atoms with Gasteiger partial charge in [-0.15, -0.1) is 0 Å². The second-order valence-corrected chi connectivity index (χ2v) is 7.02. The normalized spacial score (nSPS) is 25.0. The van der Waals surface area contributed by atoms with Gasteiger partial charge in [-0.25, -0.2) is 0 Å². The Bertz CT molecular complexity index is 529. The van der Waals surface area contributed by atoms with Crippen LogP contribution in [0.3, 0.4) is 0 Å². The van der Waals surface area contributed by atoms with Crippen molar-refractivity contribution in [2.75, 3.05) is 19.8 Å². The van der Waals surface area contributed by atoms with E-state index in [-0.39, 0.29) is 17.3 Å². The van der Waals surface area contributed by atoms with E-state index in [1.807, 2.05) is 25.1 Å². The van der Waals surface area contributed by atoms with Gasteiger partial charge in [0.25, 0.3) is 0 Å². The summed E-state index contributed by atoms with van der Waals surface area (Å²) in [6, 6.07) is 5.87. The molecule has 21 heavy (non-hydrogen) atoms. The Morgan fingerprint density at radius 1 is 1.29 bits per heavy atom. The highest BCUT2D eigenvalue weighted by molar-refractivity contribution is 9.10. The molecule has 0 radical (unpaired) electrons. The van der Waals surface area contributed by atoms with E-state index >= 15 is 0 Å². The van der Waals surface area contributed by atoms with Crippen LogP contribution in [0.1, 0.15) is 41.6 Å². The Hall–Kier alpha value is -0.710. The largest absolute Gasteiger partial charge is 0.381 e. The number of Topliss-reactive ketones (excluding diaryl/α,β-unsaturated/α-hetero) is 1. The molecule has 3 nitrogen and oxygen atoms in total. The number of halogens is 1. The average Bonchev–Trinajstić information content (AvgIpc) is 2.50. The molecular formula is C17H21BrO3. The number of hydrogen-bond acceptors (Lipinski definition) is 3. The fraction of sp³-hybridized carbons (Fsp3) is 0.588. The second-order valence-electron chi connectivity index (χ2n) is 6.16. The summed E-state index contributed by atoms with van der Waals surface area (Å²) >= 11 is 3.49. The van der Waals surface area contributed by atoms with Gasteiger partial charge in [0.05, 0.1) is 5.60 Å². The van der Waals surface area contributed by atoms with Gasteiger partial charge in [0.1, 0.15) is 0 Å². The molecule has 3 rings (SSSR count). The Morgan fingerprint density at radius 2 is 2.05 bits per heavy atom. The van der Waals surface area contributed by atoms with Crippen LogP contribution in [0.15, 0.2) is 22.7 Å². The summed E-state index contributed by atoms with van der Waals surface area (Å²) < 4.78 is 12.5. The van der Waals surface area contributed by atoms with Crippen LogP contribution in [0, 0.1) is 12.8 Å². The third-order valence-corrected chi connectivity index (χ3v) is 5.60. The van der Waals surface area contributed by atoms with Crippen LogP contribution in [0.2, 0.25) is 0 Å². The number of hydrogen-bond donors (Lipinski definition) is 0. The van der Waals surface area contributed by atoms with Crippen molar-refractivity contribution in [3.05, 3.63) is 33.8 Å². The first-order chi connectivity index (χ1) is 10.1. The Morgan fingerprint density at radius 3 is 2.76 bits per heavy atom. The lowest BCUT2D eigenvalue weighted by Crippen LogP contribution is -2.45. The molecule has 0 saturated carbocycles. The summed E-state index contributed by atoms with van der Waals surface area (Å²) in [6.07, 6.45) is 3.49. The third kappa shape index (κ3) is 3.22. The predicted octanol–water partition coefficient (Wildman–Crippen LogP) is 3.92. The minimum Gasteiger partial charge on any atom is -0.381 e. The van der Waals surface area contributed by atoms with Gasteiger partial charge in [0, 0.05) is 35.8 Å². The summed E-state index contributed by atoms with van der Waals surface area (Å²) in [6.45, 7) is 4.20. The molecule has 0 N–H and O–H groups in total. The summed E-state index contributed by atoms with van der Waals surface area (Å²) in [7, 11) is 0. The number of carbonyl (C=O) groups excluding carboxylic acids is 1. The zero-order valence-corrected chi connectivity index (χ0v) is 13.9. The molecule has 0 bridgehead atoms. The highest BCUT2D eigenvalue weighted by atomic mass is 79.9. The van der Waals surface area contributed by atoms with Crippen LogP contribution in [0.4, 0.5) is 0 Å². The summed E-state index contributed by atoms with van der Waals surface area (Å²) in [4.78, 5) is 12.8. The predicted molar refractivity (Wildman–Crippen MR) is 84.7 cm³/mol. The van der Waals surface area contributed by atoms with E-state index in [0.29, 0.717) is 6.61 Å². The highest BCUT2D eigenvalue weighted by Crippen LogP contribution is 2.38. The number of ketones is 1. The van der Waals surface area contributed by atoms with E-state index in [1.54, 1.807) is 0 Å². The van der Waals surface area contributed by atoms with Crippen LogP contribution in [-0.2, 0) is 9.47 Å². The maximum Gasteiger partial charge on any atom is 0.166 e. The van der Waals surface area contributed by atoms with E-state index in [4.69, 9.17) is 9.47 Å². The van der Waals surface area contributed by atoms with Gasteiger partial charge in [-0.2, -0.15) is 0 Å². The van der Waals surface area contributed by atoms with E-state index in [2.05, 4.69) is 15.9 Å². The lowest BCUT2D eigenvalue weighted by molar-refractivity contribution is -0.142. The van der Waals surface area contributed by atoms with E-state index in [9.17, 15) is 4.79 Å². The van der Waals surface area contributed by atoms with Gasteiger partial charge in [-0.1, -0.05) is 22.0 Å². The SMILES string of the molecule is Cc1cc(C(=O)C2CCOC3(CCOCC3)C2)ccc1Br. The Balaban J connectivity index is 1.76. The number of aryl methyl sites for hydroxylation is 1. The minimum absolute atomic E-state index is 0.0809. The molecule has 2 heterocycles. The molecule has 1 aromatic carbocycles. The topological polar surface area (TPSA) is 35.5 Å². The van der Waals surface area contributed by atoms with Crippen LogP contribution >= 0.6 is 15.9 Å². The fourth-order valence-electron chi connectivity index (χ4n) is 3.38.